The quantitative estimate of drug-likeness (QED) is 0.907. The van der Waals surface area contributed by atoms with E-state index < -0.39 is 6.04 Å². The molecule has 120 valence electrons. The van der Waals surface area contributed by atoms with Gasteiger partial charge >= 0.3 is 0 Å². The third kappa shape index (κ3) is 3.64. The fourth-order valence-electron chi connectivity index (χ4n) is 2.72. The summed E-state index contributed by atoms with van der Waals surface area (Å²) < 4.78 is 0. The monoisotopic (exact) mass is 320 g/mol. The minimum Gasteiger partial charge on any atom is -0.357 e. The Morgan fingerprint density at radius 1 is 1.36 bits per heavy atom. The molecule has 0 bridgehead atoms. The minimum atomic E-state index is -0.404. The van der Waals surface area contributed by atoms with Gasteiger partial charge in [0.15, 0.2) is 0 Å². The van der Waals surface area contributed by atoms with Crippen LogP contribution in [0, 0.1) is 12.8 Å². The maximum atomic E-state index is 12.4. The van der Waals surface area contributed by atoms with Crippen LogP contribution in [0.15, 0.2) is 24.3 Å². The van der Waals surface area contributed by atoms with Gasteiger partial charge in [0.05, 0.1) is 5.75 Å². The van der Waals surface area contributed by atoms with Crippen LogP contribution in [-0.2, 0) is 9.59 Å². The highest BCUT2D eigenvalue weighted by Crippen LogP contribution is 2.41. The van der Waals surface area contributed by atoms with Crippen molar-refractivity contribution in [2.24, 2.45) is 5.92 Å². The van der Waals surface area contributed by atoms with E-state index in [2.05, 4.69) is 31.3 Å². The van der Waals surface area contributed by atoms with Crippen molar-refractivity contribution in [2.45, 2.75) is 38.6 Å². The molecule has 1 saturated heterocycles. The van der Waals surface area contributed by atoms with E-state index >= 15 is 0 Å². The smallest absolute Gasteiger partial charge is 0.242 e. The van der Waals surface area contributed by atoms with Gasteiger partial charge in [-0.2, -0.15) is 0 Å². The number of benzene rings is 1. The molecule has 2 amide bonds. The molecule has 2 rings (SSSR count). The van der Waals surface area contributed by atoms with E-state index in [4.69, 9.17) is 0 Å². The van der Waals surface area contributed by atoms with E-state index in [0.29, 0.717) is 18.1 Å². The van der Waals surface area contributed by atoms with Crippen LogP contribution >= 0.6 is 11.8 Å². The Morgan fingerprint density at radius 2 is 2.00 bits per heavy atom. The second-order valence-corrected chi connectivity index (χ2v) is 7.20. The Morgan fingerprint density at radius 3 is 2.55 bits per heavy atom. The molecule has 1 heterocycles. The summed E-state index contributed by atoms with van der Waals surface area (Å²) in [5.41, 5.74) is 2.27. The van der Waals surface area contributed by atoms with Crippen molar-refractivity contribution >= 4 is 23.6 Å². The van der Waals surface area contributed by atoms with Crippen LogP contribution in [-0.4, -0.2) is 35.6 Å². The molecule has 1 aromatic rings. The van der Waals surface area contributed by atoms with E-state index in [9.17, 15) is 9.59 Å². The van der Waals surface area contributed by atoms with Crippen molar-refractivity contribution in [3.8, 4) is 0 Å². The van der Waals surface area contributed by atoms with E-state index in [1.807, 2.05) is 19.1 Å². The van der Waals surface area contributed by atoms with E-state index in [0.717, 1.165) is 5.56 Å². The topological polar surface area (TPSA) is 49.4 Å². The van der Waals surface area contributed by atoms with Gasteiger partial charge < -0.3 is 10.2 Å². The molecule has 1 N–H and O–H groups in total. The van der Waals surface area contributed by atoms with Gasteiger partial charge in [-0.05, 0) is 24.8 Å². The minimum absolute atomic E-state index is 0.0461. The van der Waals surface area contributed by atoms with Crippen molar-refractivity contribution in [1.82, 2.24) is 10.2 Å². The van der Waals surface area contributed by atoms with Crippen LogP contribution in [0.4, 0.5) is 0 Å². The number of hydrogen-bond donors (Lipinski definition) is 1. The molecule has 4 nitrogen and oxygen atoms in total. The van der Waals surface area contributed by atoms with Crippen LogP contribution in [0.3, 0.4) is 0 Å². The predicted octanol–water partition coefficient (Wildman–Crippen LogP) is 2.73. The number of aryl methyl sites for hydroxylation is 1. The van der Waals surface area contributed by atoms with Crippen LogP contribution in [0.2, 0.25) is 0 Å². The number of likely N-dealkylation sites (N-methyl/N-ethyl adjacent to an activating group) is 1. The zero-order valence-electron chi connectivity index (χ0n) is 13.6. The predicted molar refractivity (Wildman–Crippen MR) is 90.5 cm³/mol. The summed E-state index contributed by atoms with van der Waals surface area (Å²) in [5, 5.41) is 2.63. The zero-order valence-corrected chi connectivity index (χ0v) is 14.4. The largest absolute Gasteiger partial charge is 0.357 e. The van der Waals surface area contributed by atoms with Gasteiger partial charge in [0, 0.05) is 7.05 Å². The molecule has 0 saturated carbocycles. The number of rotatable bonds is 5. The first kappa shape index (κ1) is 16.9. The number of carbonyl (C=O) groups excluding carboxylic acids is 2. The first-order valence-electron chi connectivity index (χ1n) is 7.65. The lowest BCUT2D eigenvalue weighted by Crippen LogP contribution is -2.48. The third-order valence-corrected chi connectivity index (χ3v) is 5.08. The van der Waals surface area contributed by atoms with Gasteiger partial charge in [0.2, 0.25) is 11.8 Å². The summed E-state index contributed by atoms with van der Waals surface area (Å²) >= 11 is 1.60. The maximum Gasteiger partial charge on any atom is 0.242 e. The lowest BCUT2D eigenvalue weighted by molar-refractivity contribution is -0.139. The van der Waals surface area contributed by atoms with Gasteiger partial charge in [0.1, 0.15) is 11.4 Å². The zero-order chi connectivity index (χ0) is 16.3. The fourth-order valence-corrected chi connectivity index (χ4v) is 3.95. The molecule has 0 aromatic heterocycles. The number of thioether (sulfide) groups is 1. The van der Waals surface area contributed by atoms with Gasteiger partial charge in [0.25, 0.3) is 0 Å². The lowest BCUT2D eigenvalue weighted by Gasteiger charge is -2.32. The molecule has 2 atom stereocenters. The normalized spacial score (nSPS) is 19.6. The van der Waals surface area contributed by atoms with E-state index in [1.165, 1.54) is 5.56 Å². The number of carbonyl (C=O) groups is 2. The summed E-state index contributed by atoms with van der Waals surface area (Å²) in [5.74, 6) is 0.746. The summed E-state index contributed by atoms with van der Waals surface area (Å²) in [4.78, 5) is 26.5. The fraction of sp³-hybridized carbons (Fsp3) is 0.529. The van der Waals surface area contributed by atoms with Gasteiger partial charge in [-0.1, -0.05) is 43.7 Å². The van der Waals surface area contributed by atoms with Gasteiger partial charge in [-0.15, -0.1) is 11.8 Å². The average Bonchev–Trinajstić information content (AvgIpc) is 2.86. The number of nitrogens with zero attached hydrogens (tertiary/aromatic N) is 1. The summed E-state index contributed by atoms with van der Waals surface area (Å²) in [6.07, 6.45) is 0.675. The lowest BCUT2D eigenvalue weighted by atomic mass is 10.0. The second kappa shape index (κ2) is 7.18. The Bertz CT molecular complexity index is 542. The second-order valence-electron chi connectivity index (χ2n) is 6.13. The Balaban J connectivity index is 2.32. The van der Waals surface area contributed by atoms with E-state index in [-0.39, 0.29) is 17.2 Å². The Kier molecular flexibility index (Phi) is 5.51. The number of amides is 2. The highest BCUT2D eigenvalue weighted by molar-refractivity contribution is 8.00. The summed E-state index contributed by atoms with van der Waals surface area (Å²) in [6, 6.07) is 7.80. The SMILES string of the molecule is CNC(=O)[C@H](CC(C)C)N1C(=O)CS[C@H]1c1ccc(C)cc1. The molecule has 1 aliphatic heterocycles. The summed E-state index contributed by atoms with van der Waals surface area (Å²) in [7, 11) is 1.63. The average molecular weight is 320 g/mol. The maximum absolute atomic E-state index is 12.4. The highest BCUT2D eigenvalue weighted by atomic mass is 32.2. The third-order valence-electron chi connectivity index (χ3n) is 3.85. The van der Waals surface area contributed by atoms with Crippen LogP contribution < -0.4 is 5.32 Å². The molecule has 0 spiro atoms. The molecule has 5 heteroatoms. The number of hydrogen-bond acceptors (Lipinski definition) is 3. The van der Waals surface area contributed by atoms with Crippen molar-refractivity contribution in [2.75, 3.05) is 12.8 Å². The first-order chi connectivity index (χ1) is 10.4. The molecule has 1 fully saturated rings. The standard InChI is InChI=1S/C17H24N2O2S/c1-11(2)9-14(16(21)18-4)19-15(20)10-22-17(19)13-7-5-12(3)6-8-13/h5-8,11,14,17H,9-10H2,1-4H3,(H,18,21)/t14-,17-/m0/s1. The molecular weight excluding hydrogens is 296 g/mol. The van der Waals surface area contributed by atoms with Crippen molar-refractivity contribution in [1.29, 1.82) is 0 Å². The molecular formula is C17H24N2O2S. The molecule has 0 radical (unpaired) electrons. The number of nitrogens with one attached hydrogen (secondary N) is 1. The summed E-state index contributed by atoms with van der Waals surface area (Å²) in [6.45, 7) is 6.19. The van der Waals surface area contributed by atoms with Crippen LogP contribution in [0.5, 0.6) is 0 Å². The molecule has 0 aliphatic carbocycles. The van der Waals surface area contributed by atoms with Crippen molar-refractivity contribution < 1.29 is 9.59 Å². The van der Waals surface area contributed by atoms with Gasteiger partial charge in [-0.25, -0.2) is 0 Å². The van der Waals surface area contributed by atoms with Crippen LogP contribution in [0.25, 0.3) is 0 Å². The Hall–Kier alpha value is -1.49. The van der Waals surface area contributed by atoms with Crippen LogP contribution in [0.1, 0.15) is 36.8 Å². The van der Waals surface area contributed by atoms with Crippen molar-refractivity contribution in [3.63, 3.8) is 0 Å². The molecule has 1 aromatic carbocycles. The molecule has 0 unspecified atom stereocenters. The highest BCUT2D eigenvalue weighted by Gasteiger charge is 2.40. The van der Waals surface area contributed by atoms with Gasteiger partial charge in [-0.3, -0.25) is 9.59 Å². The molecule has 22 heavy (non-hydrogen) atoms. The Labute approximate surface area is 136 Å². The first-order valence-corrected chi connectivity index (χ1v) is 8.69. The molecule has 1 aliphatic rings. The van der Waals surface area contributed by atoms with Crippen molar-refractivity contribution in [3.05, 3.63) is 35.4 Å². The van der Waals surface area contributed by atoms with E-state index in [1.54, 1.807) is 23.7 Å².